The van der Waals surface area contributed by atoms with Crippen molar-refractivity contribution < 1.29 is 9.53 Å². The van der Waals surface area contributed by atoms with E-state index in [0.717, 1.165) is 11.1 Å². The molecule has 0 bridgehead atoms. The molecule has 0 saturated carbocycles. The van der Waals surface area contributed by atoms with Crippen molar-refractivity contribution in [2.45, 2.75) is 6.54 Å². The van der Waals surface area contributed by atoms with Gasteiger partial charge in [-0.05, 0) is 24.3 Å². The smallest absolute Gasteiger partial charge is 0.327 e. The lowest BCUT2D eigenvalue weighted by Crippen LogP contribution is -2.14. The van der Waals surface area contributed by atoms with Gasteiger partial charge in [0.15, 0.2) is 11.6 Å². The average molecular weight is 295 g/mol. The maximum atomic E-state index is 11.6. The van der Waals surface area contributed by atoms with Crippen molar-refractivity contribution in [3.8, 4) is 22.8 Å². The first-order valence-electron chi connectivity index (χ1n) is 6.60. The molecule has 110 valence electrons. The number of carbonyl (C=O) groups is 1. The summed E-state index contributed by atoms with van der Waals surface area (Å²) in [5.74, 6) is 0.654. The van der Waals surface area contributed by atoms with E-state index < -0.39 is 5.97 Å². The molecule has 0 radical (unpaired) electrons. The first kappa shape index (κ1) is 13.9. The Bertz CT molecular complexity index is 771. The lowest BCUT2D eigenvalue weighted by molar-refractivity contribution is -0.141. The molecule has 0 unspecified atom stereocenters. The summed E-state index contributed by atoms with van der Waals surface area (Å²) < 4.78 is 6.21. The molecule has 0 saturated heterocycles. The van der Waals surface area contributed by atoms with Crippen LogP contribution >= 0.6 is 0 Å². The minimum absolute atomic E-state index is 0.0199. The standard InChI is InChI=1S/C15H13N5O2/c1-22-13(21)10-20-15(12-5-3-7-17-9-12)18-14(19-20)11-4-2-6-16-8-11/h2-9H,10H2,1H3. The predicted octanol–water partition coefficient (Wildman–Crippen LogP) is 1.58. The number of methoxy groups -OCH3 is 1. The third-order valence-corrected chi connectivity index (χ3v) is 3.02. The van der Waals surface area contributed by atoms with Crippen LogP contribution in [0.2, 0.25) is 0 Å². The molecule has 22 heavy (non-hydrogen) atoms. The van der Waals surface area contributed by atoms with Crippen molar-refractivity contribution in [1.29, 1.82) is 0 Å². The number of nitrogens with zero attached hydrogens (tertiary/aromatic N) is 5. The summed E-state index contributed by atoms with van der Waals surface area (Å²) in [7, 11) is 1.34. The molecule has 0 amide bonds. The van der Waals surface area contributed by atoms with Gasteiger partial charge >= 0.3 is 5.97 Å². The van der Waals surface area contributed by atoms with Crippen LogP contribution in [-0.4, -0.2) is 37.8 Å². The quantitative estimate of drug-likeness (QED) is 0.679. The fourth-order valence-electron chi connectivity index (χ4n) is 1.97. The van der Waals surface area contributed by atoms with Gasteiger partial charge < -0.3 is 4.74 Å². The van der Waals surface area contributed by atoms with Crippen LogP contribution in [0.4, 0.5) is 0 Å². The third kappa shape index (κ3) is 2.83. The van der Waals surface area contributed by atoms with E-state index in [1.807, 2.05) is 12.1 Å². The second kappa shape index (κ2) is 6.13. The molecule has 0 aliphatic carbocycles. The lowest BCUT2D eigenvalue weighted by Gasteiger charge is -2.03. The second-order valence-electron chi connectivity index (χ2n) is 4.48. The van der Waals surface area contributed by atoms with Crippen LogP contribution in [0.1, 0.15) is 0 Å². The van der Waals surface area contributed by atoms with Crippen molar-refractivity contribution in [1.82, 2.24) is 24.7 Å². The summed E-state index contributed by atoms with van der Waals surface area (Å²) in [5.41, 5.74) is 1.55. The van der Waals surface area contributed by atoms with Crippen LogP contribution in [0.15, 0.2) is 49.1 Å². The zero-order valence-corrected chi connectivity index (χ0v) is 11.9. The zero-order valence-electron chi connectivity index (χ0n) is 11.9. The van der Waals surface area contributed by atoms with Gasteiger partial charge in [-0.1, -0.05) is 0 Å². The summed E-state index contributed by atoms with van der Waals surface area (Å²) in [5, 5.41) is 4.38. The van der Waals surface area contributed by atoms with E-state index in [4.69, 9.17) is 4.74 Å². The first-order chi connectivity index (χ1) is 10.8. The molecule has 0 aliphatic rings. The average Bonchev–Trinajstić information content (AvgIpc) is 3.00. The Morgan fingerprint density at radius 1 is 1.14 bits per heavy atom. The van der Waals surface area contributed by atoms with Crippen LogP contribution in [0.25, 0.3) is 22.8 Å². The van der Waals surface area contributed by atoms with Gasteiger partial charge in [-0.15, -0.1) is 5.10 Å². The molecule has 0 aromatic carbocycles. The molecule has 7 nitrogen and oxygen atoms in total. The van der Waals surface area contributed by atoms with Gasteiger partial charge in [0.05, 0.1) is 7.11 Å². The number of hydrogen-bond donors (Lipinski definition) is 0. The fraction of sp³-hybridized carbons (Fsp3) is 0.133. The van der Waals surface area contributed by atoms with E-state index in [-0.39, 0.29) is 6.54 Å². The predicted molar refractivity (Wildman–Crippen MR) is 78.5 cm³/mol. The largest absolute Gasteiger partial charge is 0.468 e. The van der Waals surface area contributed by atoms with Gasteiger partial charge in [-0.25, -0.2) is 9.67 Å². The summed E-state index contributed by atoms with van der Waals surface area (Å²) in [4.78, 5) is 24.2. The molecule has 0 aliphatic heterocycles. The van der Waals surface area contributed by atoms with Crippen LogP contribution in [-0.2, 0) is 16.1 Å². The Labute approximate surface area is 126 Å². The van der Waals surface area contributed by atoms with E-state index >= 15 is 0 Å². The van der Waals surface area contributed by atoms with Gasteiger partial charge in [0.25, 0.3) is 0 Å². The first-order valence-corrected chi connectivity index (χ1v) is 6.60. The Kier molecular flexibility index (Phi) is 3.86. The van der Waals surface area contributed by atoms with E-state index in [9.17, 15) is 4.79 Å². The van der Waals surface area contributed by atoms with Crippen LogP contribution in [0.3, 0.4) is 0 Å². The lowest BCUT2D eigenvalue weighted by atomic mass is 10.2. The van der Waals surface area contributed by atoms with Gasteiger partial charge in [-0.2, -0.15) is 0 Å². The molecule has 3 aromatic rings. The van der Waals surface area contributed by atoms with Crippen LogP contribution in [0.5, 0.6) is 0 Å². The monoisotopic (exact) mass is 295 g/mol. The molecular weight excluding hydrogens is 282 g/mol. The maximum Gasteiger partial charge on any atom is 0.327 e. The highest BCUT2D eigenvalue weighted by Crippen LogP contribution is 2.21. The van der Waals surface area contributed by atoms with Gasteiger partial charge in [-0.3, -0.25) is 14.8 Å². The van der Waals surface area contributed by atoms with Crippen molar-refractivity contribution in [3.05, 3.63) is 49.1 Å². The number of esters is 1. The fourth-order valence-corrected chi connectivity index (χ4v) is 1.97. The minimum Gasteiger partial charge on any atom is -0.468 e. The molecule has 0 N–H and O–H groups in total. The van der Waals surface area contributed by atoms with E-state index in [0.29, 0.717) is 11.6 Å². The highest BCUT2D eigenvalue weighted by Gasteiger charge is 2.16. The van der Waals surface area contributed by atoms with Crippen molar-refractivity contribution in [2.24, 2.45) is 0 Å². The Morgan fingerprint density at radius 3 is 2.41 bits per heavy atom. The second-order valence-corrected chi connectivity index (χ2v) is 4.48. The van der Waals surface area contributed by atoms with Crippen molar-refractivity contribution in [3.63, 3.8) is 0 Å². The maximum absolute atomic E-state index is 11.6. The summed E-state index contributed by atoms with van der Waals surface area (Å²) in [6, 6.07) is 7.33. The van der Waals surface area contributed by atoms with Gasteiger partial charge in [0, 0.05) is 35.9 Å². The van der Waals surface area contributed by atoms with Crippen molar-refractivity contribution >= 4 is 5.97 Å². The molecule has 0 atom stereocenters. The Balaban J connectivity index is 2.07. The SMILES string of the molecule is COC(=O)Cn1nc(-c2cccnc2)nc1-c1cccnc1. The minimum atomic E-state index is -0.396. The number of rotatable bonds is 4. The molecular formula is C15H13N5O2. The van der Waals surface area contributed by atoms with Crippen LogP contribution < -0.4 is 0 Å². The number of carbonyl (C=O) groups excluding carboxylic acids is 1. The Morgan fingerprint density at radius 2 is 1.82 bits per heavy atom. The molecule has 3 heterocycles. The summed E-state index contributed by atoms with van der Waals surface area (Å²) in [6.07, 6.45) is 6.69. The van der Waals surface area contributed by atoms with E-state index in [1.54, 1.807) is 36.9 Å². The normalized spacial score (nSPS) is 10.4. The molecule has 0 fully saturated rings. The van der Waals surface area contributed by atoms with Gasteiger partial charge in [0.2, 0.25) is 0 Å². The molecule has 7 heteroatoms. The molecule has 3 rings (SSSR count). The number of pyridine rings is 2. The van der Waals surface area contributed by atoms with Crippen molar-refractivity contribution in [2.75, 3.05) is 7.11 Å². The van der Waals surface area contributed by atoms with E-state index in [1.165, 1.54) is 11.8 Å². The van der Waals surface area contributed by atoms with E-state index in [2.05, 4.69) is 20.1 Å². The topological polar surface area (TPSA) is 82.8 Å². The molecule has 0 spiro atoms. The van der Waals surface area contributed by atoms with Crippen LogP contribution in [0, 0.1) is 0 Å². The summed E-state index contributed by atoms with van der Waals surface area (Å²) in [6.45, 7) is -0.0199. The Hall–Kier alpha value is -3.09. The zero-order chi connectivity index (χ0) is 15.4. The third-order valence-electron chi connectivity index (χ3n) is 3.02. The molecule has 3 aromatic heterocycles. The number of hydrogen-bond acceptors (Lipinski definition) is 6. The highest BCUT2D eigenvalue weighted by atomic mass is 16.5. The van der Waals surface area contributed by atoms with Gasteiger partial charge in [0.1, 0.15) is 6.54 Å². The number of aromatic nitrogens is 5. The summed E-state index contributed by atoms with van der Waals surface area (Å²) >= 11 is 0. The highest BCUT2D eigenvalue weighted by molar-refractivity contribution is 5.70. The number of ether oxygens (including phenoxy) is 1.